The molecule has 5 rings (SSSR count). The summed E-state index contributed by atoms with van der Waals surface area (Å²) in [7, 11) is 3.25. The van der Waals surface area contributed by atoms with Gasteiger partial charge in [-0.1, -0.05) is 23.5 Å². The van der Waals surface area contributed by atoms with Gasteiger partial charge in [-0.25, -0.2) is 0 Å². The molecule has 0 radical (unpaired) electrons. The molecule has 3 aromatic heterocycles. The van der Waals surface area contributed by atoms with Gasteiger partial charge in [-0.3, -0.25) is 5.10 Å². The molecule has 10 heteroatoms. The molecule has 2 aromatic carbocycles. The molecule has 1 N–H and O–H groups in total. The van der Waals surface area contributed by atoms with Crippen LogP contribution in [0, 0.1) is 0 Å². The smallest absolute Gasteiger partial charge is 0.235 e. The maximum atomic E-state index is 5.87. The van der Waals surface area contributed by atoms with Crippen LogP contribution in [-0.4, -0.2) is 44.2 Å². The maximum Gasteiger partial charge on any atom is 0.235 e. The highest BCUT2D eigenvalue weighted by Crippen LogP contribution is 2.28. The van der Waals surface area contributed by atoms with Gasteiger partial charge in [0.1, 0.15) is 18.1 Å². The number of rotatable bonds is 7. The zero-order valence-corrected chi connectivity index (χ0v) is 17.6. The van der Waals surface area contributed by atoms with Crippen LogP contribution in [0.25, 0.3) is 27.7 Å². The molecule has 5 aromatic rings. The molecule has 156 valence electrons. The van der Waals surface area contributed by atoms with Gasteiger partial charge in [0.2, 0.25) is 10.8 Å². The van der Waals surface area contributed by atoms with Crippen LogP contribution in [0.2, 0.25) is 0 Å². The summed E-state index contributed by atoms with van der Waals surface area (Å²) in [4.78, 5) is 0.675. The second kappa shape index (κ2) is 8.07. The van der Waals surface area contributed by atoms with E-state index in [-0.39, 0.29) is 0 Å². The largest absolute Gasteiger partial charge is 0.497 e. The number of hydrogen-bond acceptors (Lipinski definition) is 8. The summed E-state index contributed by atoms with van der Waals surface area (Å²) in [5, 5.41) is 21.3. The quantitative estimate of drug-likeness (QED) is 0.415. The molecule has 0 saturated heterocycles. The van der Waals surface area contributed by atoms with E-state index >= 15 is 0 Å². The second-order valence-electron chi connectivity index (χ2n) is 6.55. The van der Waals surface area contributed by atoms with E-state index in [1.54, 1.807) is 18.7 Å². The Balaban J connectivity index is 1.38. The number of aromatic amines is 1. The Kier molecular flexibility index (Phi) is 4.97. The summed E-state index contributed by atoms with van der Waals surface area (Å²) in [5.41, 5.74) is 2.48. The van der Waals surface area contributed by atoms with Crippen molar-refractivity contribution in [1.29, 1.82) is 0 Å². The maximum absolute atomic E-state index is 5.87. The van der Waals surface area contributed by atoms with Crippen molar-refractivity contribution in [2.75, 3.05) is 14.2 Å². The van der Waals surface area contributed by atoms with E-state index in [0.717, 1.165) is 27.7 Å². The monoisotopic (exact) mass is 434 g/mol. The van der Waals surface area contributed by atoms with Gasteiger partial charge in [0.25, 0.3) is 0 Å². The van der Waals surface area contributed by atoms with E-state index in [1.165, 1.54) is 11.3 Å². The first-order valence-electron chi connectivity index (χ1n) is 9.42. The summed E-state index contributed by atoms with van der Waals surface area (Å²) in [6.07, 6.45) is 0. The van der Waals surface area contributed by atoms with E-state index in [9.17, 15) is 0 Å². The number of methoxy groups -OCH3 is 2. The molecule has 0 unspecified atom stereocenters. The highest BCUT2D eigenvalue weighted by Gasteiger charge is 2.17. The Labute approximate surface area is 181 Å². The molecule has 0 aliphatic heterocycles. The highest BCUT2D eigenvalue weighted by molar-refractivity contribution is 7.16. The fourth-order valence-corrected chi connectivity index (χ4v) is 3.85. The van der Waals surface area contributed by atoms with Crippen molar-refractivity contribution in [2.24, 2.45) is 0 Å². The Bertz CT molecular complexity index is 1320. The van der Waals surface area contributed by atoms with Gasteiger partial charge in [-0.05, 0) is 42.5 Å². The summed E-state index contributed by atoms with van der Waals surface area (Å²) in [6, 6.07) is 17.1. The lowest BCUT2D eigenvalue weighted by Gasteiger charge is -2.08. The third-order valence-electron chi connectivity index (χ3n) is 4.66. The molecular weight excluding hydrogens is 416 g/mol. The van der Waals surface area contributed by atoms with Crippen molar-refractivity contribution >= 4 is 16.3 Å². The Morgan fingerprint density at radius 1 is 0.968 bits per heavy atom. The lowest BCUT2D eigenvalue weighted by Crippen LogP contribution is -1.99. The normalized spacial score (nSPS) is 11.0. The van der Waals surface area contributed by atoms with Crippen LogP contribution in [0.3, 0.4) is 0 Å². The van der Waals surface area contributed by atoms with Crippen molar-refractivity contribution in [3.8, 4) is 40.0 Å². The predicted molar refractivity (Wildman–Crippen MR) is 116 cm³/mol. The molecule has 0 amide bonds. The van der Waals surface area contributed by atoms with Gasteiger partial charge in [-0.15, -0.1) is 10.2 Å². The number of para-hydroxylation sites is 2. The second-order valence-corrected chi connectivity index (χ2v) is 7.59. The van der Waals surface area contributed by atoms with Gasteiger partial charge < -0.3 is 14.2 Å². The van der Waals surface area contributed by atoms with Crippen molar-refractivity contribution in [3.63, 3.8) is 0 Å². The first-order chi connectivity index (χ1) is 15.2. The number of ether oxygens (including phenoxy) is 3. The Hall–Kier alpha value is -3.92. The summed E-state index contributed by atoms with van der Waals surface area (Å²) < 4.78 is 18.1. The molecule has 0 atom stereocenters. The van der Waals surface area contributed by atoms with Gasteiger partial charge in [-0.2, -0.15) is 14.7 Å². The van der Waals surface area contributed by atoms with Gasteiger partial charge in [0.15, 0.2) is 16.5 Å². The molecule has 3 heterocycles. The summed E-state index contributed by atoms with van der Waals surface area (Å²) >= 11 is 1.42. The first kappa shape index (κ1) is 19.1. The number of hydrogen-bond donors (Lipinski definition) is 1. The molecule has 31 heavy (non-hydrogen) atoms. The molecule has 0 bridgehead atoms. The Morgan fingerprint density at radius 3 is 2.55 bits per heavy atom. The minimum absolute atomic E-state index is 0.300. The fraction of sp³-hybridized carbons (Fsp3) is 0.143. The van der Waals surface area contributed by atoms with E-state index in [4.69, 9.17) is 14.2 Å². The summed E-state index contributed by atoms with van der Waals surface area (Å²) in [5.74, 6) is 2.72. The minimum Gasteiger partial charge on any atom is -0.497 e. The van der Waals surface area contributed by atoms with Crippen LogP contribution in [0.5, 0.6) is 17.2 Å². The summed E-state index contributed by atoms with van der Waals surface area (Å²) in [6.45, 7) is 0.300. The van der Waals surface area contributed by atoms with Gasteiger partial charge in [0.05, 0.1) is 19.9 Å². The molecular formula is C21H18N6O3S. The Morgan fingerprint density at radius 2 is 1.77 bits per heavy atom. The lowest BCUT2D eigenvalue weighted by molar-refractivity contribution is 0.283. The number of nitrogens with zero attached hydrogens (tertiary/aromatic N) is 5. The average Bonchev–Trinajstić information content (AvgIpc) is 3.54. The standard InChI is InChI=1S/C21H18N6O3S/c1-28-14-9-7-13(8-10-14)15-11-16(23-22-15)20-24-25-21-27(20)26-19(31-21)12-30-18-6-4-3-5-17(18)29-2/h3-11H,12H2,1-2H3,(H,22,23). The van der Waals surface area contributed by atoms with Crippen LogP contribution >= 0.6 is 11.3 Å². The topological polar surface area (TPSA) is 99.5 Å². The number of aromatic nitrogens is 6. The predicted octanol–water partition coefficient (Wildman–Crippen LogP) is 3.84. The third kappa shape index (κ3) is 3.68. The first-order valence-corrected chi connectivity index (χ1v) is 10.2. The number of fused-ring (bicyclic) bond motifs is 1. The molecule has 0 aliphatic carbocycles. The number of nitrogens with one attached hydrogen (secondary N) is 1. The average molecular weight is 434 g/mol. The zero-order valence-electron chi connectivity index (χ0n) is 16.8. The van der Waals surface area contributed by atoms with Crippen molar-refractivity contribution in [3.05, 3.63) is 59.6 Å². The SMILES string of the molecule is COc1ccc(-c2cc(-c3nnc4sc(COc5ccccc5OC)nn34)[nH]n2)cc1. The van der Waals surface area contributed by atoms with E-state index < -0.39 is 0 Å². The van der Waals surface area contributed by atoms with E-state index in [0.29, 0.717) is 28.9 Å². The van der Waals surface area contributed by atoms with Crippen molar-refractivity contribution < 1.29 is 14.2 Å². The zero-order chi connectivity index (χ0) is 21.2. The van der Waals surface area contributed by atoms with Gasteiger partial charge in [0, 0.05) is 5.56 Å². The van der Waals surface area contributed by atoms with Crippen LogP contribution in [-0.2, 0) is 6.61 Å². The molecule has 9 nitrogen and oxygen atoms in total. The van der Waals surface area contributed by atoms with Crippen molar-refractivity contribution in [2.45, 2.75) is 6.61 Å². The molecule has 0 saturated carbocycles. The van der Waals surface area contributed by atoms with Crippen LogP contribution in [0.1, 0.15) is 5.01 Å². The molecule has 0 fully saturated rings. The van der Waals surface area contributed by atoms with Crippen LogP contribution in [0.15, 0.2) is 54.6 Å². The minimum atomic E-state index is 0.300. The van der Waals surface area contributed by atoms with Crippen molar-refractivity contribution in [1.82, 2.24) is 30.0 Å². The third-order valence-corrected chi connectivity index (χ3v) is 5.53. The number of benzene rings is 2. The molecule has 0 spiro atoms. The lowest BCUT2D eigenvalue weighted by atomic mass is 10.1. The van der Waals surface area contributed by atoms with E-state index in [2.05, 4.69) is 25.5 Å². The fourth-order valence-electron chi connectivity index (χ4n) is 3.11. The highest BCUT2D eigenvalue weighted by atomic mass is 32.1. The van der Waals surface area contributed by atoms with Gasteiger partial charge >= 0.3 is 0 Å². The molecule has 0 aliphatic rings. The number of H-pyrrole nitrogens is 1. The van der Waals surface area contributed by atoms with E-state index in [1.807, 2.05) is 54.6 Å². The van der Waals surface area contributed by atoms with Crippen LogP contribution < -0.4 is 14.2 Å². The van der Waals surface area contributed by atoms with Crippen LogP contribution in [0.4, 0.5) is 0 Å².